The number of anilines is 2. The average Bonchev–Trinajstić information content (AvgIpc) is 2.39. The van der Waals surface area contributed by atoms with Crippen LogP contribution in [0.3, 0.4) is 0 Å². The predicted octanol–water partition coefficient (Wildman–Crippen LogP) is 2.20. The molecule has 106 valence electrons. The van der Waals surface area contributed by atoms with Gasteiger partial charge >= 0.3 is 0 Å². The van der Waals surface area contributed by atoms with Crippen LogP contribution in [0.2, 0.25) is 0 Å². The molecule has 1 aliphatic rings. The van der Waals surface area contributed by atoms with Gasteiger partial charge in [0.05, 0.1) is 12.3 Å². The van der Waals surface area contributed by atoms with E-state index in [0.717, 1.165) is 24.5 Å². The highest BCUT2D eigenvalue weighted by Gasteiger charge is 2.22. The SMILES string of the molecule is CCOc1cc(N)ccc1N1CCC(N(C)C)CC1. The molecule has 2 N–H and O–H groups in total. The zero-order valence-corrected chi connectivity index (χ0v) is 12.2. The van der Waals surface area contributed by atoms with Gasteiger partial charge in [0.1, 0.15) is 5.75 Å². The number of nitrogens with zero attached hydrogens (tertiary/aromatic N) is 2. The standard InChI is InChI=1S/C15H25N3O/c1-4-19-15-11-12(16)5-6-14(15)18-9-7-13(8-10-18)17(2)3/h5-6,11,13H,4,7-10,16H2,1-3H3. The van der Waals surface area contributed by atoms with Gasteiger partial charge in [-0.3, -0.25) is 0 Å². The van der Waals surface area contributed by atoms with Crippen molar-refractivity contribution in [1.82, 2.24) is 4.90 Å². The van der Waals surface area contributed by atoms with Crippen LogP contribution in [0.5, 0.6) is 5.75 Å². The van der Waals surface area contributed by atoms with E-state index in [1.165, 1.54) is 18.5 Å². The third-order valence-electron chi connectivity index (χ3n) is 3.82. The monoisotopic (exact) mass is 263 g/mol. The Bertz CT molecular complexity index is 412. The van der Waals surface area contributed by atoms with Crippen molar-refractivity contribution in [3.05, 3.63) is 18.2 Å². The van der Waals surface area contributed by atoms with E-state index in [9.17, 15) is 0 Å². The minimum Gasteiger partial charge on any atom is -0.492 e. The third-order valence-corrected chi connectivity index (χ3v) is 3.82. The molecule has 0 atom stereocenters. The Hall–Kier alpha value is -1.42. The fourth-order valence-electron chi connectivity index (χ4n) is 2.69. The first kappa shape index (κ1) is 14.0. The molecule has 0 bridgehead atoms. The second kappa shape index (κ2) is 6.15. The molecule has 0 amide bonds. The molecule has 4 nitrogen and oxygen atoms in total. The summed E-state index contributed by atoms with van der Waals surface area (Å²) in [6.07, 6.45) is 2.39. The van der Waals surface area contributed by atoms with Crippen LogP contribution < -0.4 is 15.4 Å². The summed E-state index contributed by atoms with van der Waals surface area (Å²) < 4.78 is 5.71. The molecule has 0 saturated carbocycles. The fraction of sp³-hybridized carbons (Fsp3) is 0.600. The number of ether oxygens (including phenoxy) is 1. The van der Waals surface area contributed by atoms with Gasteiger partial charge in [0.2, 0.25) is 0 Å². The number of nitrogens with two attached hydrogens (primary N) is 1. The maximum atomic E-state index is 5.84. The van der Waals surface area contributed by atoms with Crippen LogP contribution in [0.1, 0.15) is 19.8 Å². The van der Waals surface area contributed by atoms with Crippen LogP contribution in [0.15, 0.2) is 18.2 Å². The second-order valence-corrected chi connectivity index (χ2v) is 5.34. The first-order valence-electron chi connectivity index (χ1n) is 7.05. The van der Waals surface area contributed by atoms with Crippen molar-refractivity contribution in [3.63, 3.8) is 0 Å². The largest absolute Gasteiger partial charge is 0.492 e. The summed E-state index contributed by atoms with van der Waals surface area (Å²) in [5.74, 6) is 0.908. The molecule has 0 radical (unpaired) electrons. The summed E-state index contributed by atoms with van der Waals surface area (Å²) in [5.41, 5.74) is 7.78. The van der Waals surface area contributed by atoms with E-state index in [1.54, 1.807) is 0 Å². The van der Waals surface area contributed by atoms with Gasteiger partial charge in [0.15, 0.2) is 0 Å². The number of rotatable bonds is 4. The lowest BCUT2D eigenvalue weighted by Crippen LogP contribution is -2.42. The summed E-state index contributed by atoms with van der Waals surface area (Å²) in [6.45, 7) is 4.83. The Morgan fingerprint density at radius 2 is 2.00 bits per heavy atom. The highest BCUT2D eigenvalue weighted by Crippen LogP contribution is 2.32. The Kier molecular flexibility index (Phi) is 4.53. The lowest BCUT2D eigenvalue weighted by atomic mass is 10.0. The van der Waals surface area contributed by atoms with Crippen LogP contribution in [0.25, 0.3) is 0 Å². The fourth-order valence-corrected chi connectivity index (χ4v) is 2.69. The highest BCUT2D eigenvalue weighted by molar-refractivity contribution is 5.64. The number of piperidine rings is 1. The van der Waals surface area contributed by atoms with E-state index in [1.807, 2.05) is 19.1 Å². The summed E-state index contributed by atoms with van der Waals surface area (Å²) in [7, 11) is 4.32. The van der Waals surface area contributed by atoms with Gasteiger partial charge in [0.25, 0.3) is 0 Å². The molecule has 1 fully saturated rings. The summed E-state index contributed by atoms with van der Waals surface area (Å²) >= 11 is 0. The van der Waals surface area contributed by atoms with Gasteiger partial charge in [0, 0.05) is 30.9 Å². The number of hydrogen-bond donors (Lipinski definition) is 1. The Morgan fingerprint density at radius 3 is 2.58 bits per heavy atom. The molecular formula is C15H25N3O. The first-order valence-corrected chi connectivity index (χ1v) is 7.05. The molecule has 1 aromatic rings. The smallest absolute Gasteiger partial charge is 0.144 e. The van der Waals surface area contributed by atoms with Crippen LogP contribution in [-0.2, 0) is 0 Å². The van der Waals surface area contributed by atoms with Crippen LogP contribution >= 0.6 is 0 Å². The molecule has 0 aromatic heterocycles. The first-order chi connectivity index (χ1) is 9.11. The predicted molar refractivity (Wildman–Crippen MR) is 80.9 cm³/mol. The van der Waals surface area contributed by atoms with Crippen molar-refractivity contribution >= 4 is 11.4 Å². The maximum absolute atomic E-state index is 5.84. The average molecular weight is 263 g/mol. The van der Waals surface area contributed by atoms with E-state index in [-0.39, 0.29) is 0 Å². The molecule has 0 spiro atoms. The molecular weight excluding hydrogens is 238 g/mol. The Labute approximate surface area is 116 Å². The second-order valence-electron chi connectivity index (χ2n) is 5.34. The van der Waals surface area contributed by atoms with Gasteiger partial charge in [-0.25, -0.2) is 0 Å². The van der Waals surface area contributed by atoms with Crippen LogP contribution in [-0.4, -0.2) is 44.7 Å². The molecule has 0 aliphatic carbocycles. The molecule has 1 aliphatic heterocycles. The topological polar surface area (TPSA) is 41.7 Å². The molecule has 2 rings (SSSR count). The lowest BCUT2D eigenvalue weighted by molar-refractivity contribution is 0.249. The number of nitrogen functional groups attached to an aromatic ring is 1. The summed E-state index contributed by atoms with van der Waals surface area (Å²) in [4.78, 5) is 4.73. The van der Waals surface area contributed by atoms with Crippen molar-refractivity contribution in [1.29, 1.82) is 0 Å². The van der Waals surface area contributed by atoms with E-state index < -0.39 is 0 Å². The lowest BCUT2D eigenvalue weighted by Gasteiger charge is -2.37. The summed E-state index contributed by atoms with van der Waals surface area (Å²) in [6, 6.07) is 6.66. The van der Waals surface area contributed by atoms with Gasteiger partial charge < -0.3 is 20.3 Å². The third kappa shape index (κ3) is 3.32. The van der Waals surface area contributed by atoms with Crippen molar-refractivity contribution < 1.29 is 4.74 Å². The normalized spacial score (nSPS) is 16.9. The van der Waals surface area contributed by atoms with Gasteiger partial charge in [-0.2, -0.15) is 0 Å². The molecule has 1 heterocycles. The minimum absolute atomic E-state index is 0.671. The Morgan fingerprint density at radius 1 is 1.32 bits per heavy atom. The van der Waals surface area contributed by atoms with E-state index in [2.05, 4.69) is 30.0 Å². The van der Waals surface area contributed by atoms with Crippen molar-refractivity contribution in [2.24, 2.45) is 0 Å². The molecule has 19 heavy (non-hydrogen) atoms. The van der Waals surface area contributed by atoms with E-state index in [4.69, 9.17) is 10.5 Å². The van der Waals surface area contributed by atoms with Crippen molar-refractivity contribution in [2.75, 3.05) is 44.4 Å². The number of hydrogen-bond acceptors (Lipinski definition) is 4. The molecule has 1 aromatic carbocycles. The quantitative estimate of drug-likeness (QED) is 0.846. The molecule has 4 heteroatoms. The van der Waals surface area contributed by atoms with Gasteiger partial charge in [-0.05, 0) is 46.0 Å². The zero-order valence-electron chi connectivity index (χ0n) is 12.2. The van der Waals surface area contributed by atoms with E-state index >= 15 is 0 Å². The zero-order chi connectivity index (χ0) is 13.8. The minimum atomic E-state index is 0.671. The highest BCUT2D eigenvalue weighted by atomic mass is 16.5. The van der Waals surface area contributed by atoms with Crippen LogP contribution in [0.4, 0.5) is 11.4 Å². The van der Waals surface area contributed by atoms with Crippen molar-refractivity contribution in [3.8, 4) is 5.75 Å². The maximum Gasteiger partial charge on any atom is 0.144 e. The Balaban J connectivity index is 2.10. The van der Waals surface area contributed by atoms with Gasteiger partial charge in [-0.15, -0.1) is 0 Å². The van der Waals surface area contributed by atoms with Gasteiger partial charge in [-0.1, -0.05) is 0 Å². The molecule has 1 saturated heterocycles. The van der Waals surface area contributed by atoms with Crippen molar-refractivity contribution in [2.45, 2.75) is 25.8 Å². The summed E-state index contributed by atoms with van der Waals surface area (Å²) in [5, 5.41) is 0. The van der Waals surface area contributed by atoms with Crippen LogP contribution in [0, 0.1) is 0 Å². The molecule has 0 unspecified atom stereocenters. The number of benzene rings is 1. The van der Waals surface area contributed by atoms with E-state index in [0.29, 0.717) is 12.6 Å².